The van der Waals surface area contributed by atoms with E-state index in [1.54, 1.807) is 6.26 Å². The van der Waals surface area contributed by atoms with Crippen molar-refractivity contribution in [2.45, 2.75) is 13.3 Å². The van der Waals surface area contributed by atoms with Gasteiger partial charge in [-0.05, 0) is 24.6 Å². The highest BCUT2D eigenvalue weighted by Gasteiger charge is 2.17. The Morgan fingerprint density at radius 2 is 2.05 bits per heavy atom. The second kappa shape index (κ2) is 6.58. The Bertz CT molecular complexity index is 748. The number of aromatic nitrogens is 1. The maximum atomic E-state index is 12.4. The van der Waals surface area contributed by atoms with Gasteiger partial charge in [-0.25, -0.2) is 4.98 Å². The van der Waals surface area contributed by atoms with Crippen molar-refractivity contribution in [3.63, 3.8) is 0 Å². The lowest BCUT2D eigenvalue weighted by Gasteiger charge is -2.04. The maximum absolute atomic E-state index is 12.4. The molecule has 0 atom stereocenters. The first kappa shape index (κ1) is 14.5. The van der Waals surface area contributed by atoms with Crippen molar-refractivity contribution in [3.8, 4) is 10.4 Å². The molecule has 0 unspecified atom stereocenters. The van der Waals surface area contributed by atoms with Gasteiger partial charge in [-0.15, -0.1) is 11.3 Å². The number of hydrogen-bond donors (Lipinski definition) is 1. The Morgan fingerprint density at radius 1 is 1.23 bits per heavy atom. The van der Waals surface area contributed by atoms with Crippen LogP contribution in [0.25, 0.3) is 10.4 Å². The van der Waals surface area contributed by atoms with E-state index in [4.69, 9.17) is 4.42 Å². The first-order chi connectivity index (χ1) is 10.7. The Hall–Kier alpha value is -2.40. The van der Waals surface area contributed by atoms with Gasteiger partial charge in [0.05, 0.1) is 16.1 Å². The smallest absolute Gasteiger partial charge is 0.271 e. The van der Waals surface area contributed by atoms with E-state index in [0.29, 0.717) is 18.7 Å². The first-order valence-electron chi connectivity index (χ1n) is 7.07. The average molecular weight is 312 g/mol. The molecule has 0 aliphatic rings. The quantitative estimate of drug-likeness (QED) is 0.782. The Labute approximate surface area is 132 Å². The lowest BCUT2D eigenvalue weighted by molar-refractivity contribution is 0.0950. The van der Waals surface area contributed by atoms with E-state index in [1.807, 2.05) is 49.4 Å². The molecule has 1 amide bonds. The predicted molar refractivity (Wildman–Crippen MR) is 87.0 cm³/mol. The SMILES string of the molecule is Cc1nc(C(=O)NCCc2ccco2)c(-c2ccccc2)s1. The fraction of sp³-hybridized carbons (Fsp3) is 0.176. The van der Waals surface area contributed by atoms with Gasteiger partial charge < -0.3 is 9.73 Å². The molecule has 3 aromatic rings. The van der Waals surface area contributed by atoms with Crippen LogP contribution in [0.2, 0.25) is 0 Å². The first-order valence-corrected chi connectivity index (χ1v) is 7.89. The summed E-state index contributed by atoms with van der Waals surface area (Å²) >= 11 is 1.54. The van der Waals surface area contributed by atoms with Crippen LogP contribution in [0.1, 0.15) is 21.3 Å². The Morgan fingerprint density at radius 3 is 2.77 bits per heavy atom. The van der Waals surface area contributed by atoms with Gasteiger partial charge in [0.2, 0.25) is 0 Å². The van der Waals surface area contributed by atoms with Crippen LogP contribution in [-0.2, 0) is 6.42 Å². The lowest BCUT2D eigenvalue weighted by atomic mass is 10.1. The van der Waals surface area contributed by atoms with Crippen molar-refractivity contribution in [3.05, 3.63) is 65.2 Å². The fourth-order valence-corrected chi connectivity index (χ4v) is 3.13. The third kappa shape index (κ3) is 3.26. The van der Waals surface area contributed by atoms with Gasteiger partial charge in [0.25, 0.3) is 5.91 Å². The minimum atomic E-state index is -0.144. The Kier molecular flexibility index (Phi) is 4.34. The minimum absolute atomic E-state index is 0.144. The number of nitrogens with zero attached hydrogens (tertiary/aromatic N) is 1. The second-order valence-corrected chi connectivity index (χ2v) is 6.07. The Balaban J connectivity index is 1.72. The van der Waals surface area contributed by atoms with Crippen LogP contribution in [0, 0.1) is 6.92 Å². The zero-order valence-corrected chi connectivity index (χ0v) is 13.0. The molecular formula is C17H16N2O2S. The van der Waals surface area contributed by atoms with E-state index in [0.717, 1.165) is 21.2 Å². The number of hydrogen-bond acceptors (Lipinski definition) is 4. The third-order valence-corrected chi connectivity index (χ3v) is 4.24. The van der Waals surface area contributed by atoms with Crippen LogP contribution >= 0.6 is 11.3 Å². The fourth-order valence-electron chi connectivity index (χ4n) is 2.20. The molecule has 0 radical (unpaired) electrons. The number of furan rings is 1. The molecular weight excluding hydrogens is 296 g/mol. The molecule has 0 aliphatic carbocycles. The molecule has 5 heteroatoms. The summed E-state index contributed by atoms with van der Waals surface area (Å²) in [5.74, 6) is 0.716. The molecule has 0 aliphatic heterocycles. The molecule has 2 heterocycles. The van der Waals surface area contributed by atoms with Crippen molar-refractivity contribution in [2.75, 3.05) is 6.54 Å². The highest BCUT2D eigenvalue weighted by Crippen LogP contribution is 2.29. The van der Waals surface area contributed by atoms with Crippen LogP contribution in [0.4, 0.5) is 0 Å². The van der Waals surface area contributed by atoms with Gasteiger partial charge in [0.1, 0.15) is 11.5 Å². The summed E-state index contributed by atoms with van der Waals surface area (Å²) in [4.78, 5) is 17.7. The van der Waals surface area contributed by atoms with Crippen molar-refractivity contribution < 1.29 is 9.21 Å². The number of carbonyl (C=O) groups excluding carboxylic acids is 1. The molecule has 22 heavy (non-hydrogen) atoms. The standard InChI is InChI=1S/C17H16N2O2S/c1-12-19-15(16(22-12)13-6-3-2-4-7-13)17(20)18-10-9-14-8-5-11-21-14/h2-8,11H,9-10H2,1H3,(H,18,20). The number of amides is 1. The summed E-state index contributed by atoms with van der Waals surface area (Å²) in [6, 6.07) is 13.6. The molecule has 4 nitrogen and oxygen atoms in total. The van der Waals surface area contributed by atoms with Crippen LogP contribution in [0.15, 0.2) is 53.1 Å². The van der Waals surface area contributed by atoms with Crippen molar-refractivity contribution >= 4 is 17.2 Å². The van der Waals surface area contributed by atoms with Gasteiger partial charge in [-0.3, -0.25) is 4.79 Å². The van der Waals surface area contributed by atoms with E-state index >= 15 is 0 Å². The summed E-state index contributed by atoms with van der Waals surface area (Å²) in [6.07, 6.45) is 2.30. The molecule has 112 valence electrons. The van der Waals surface area contributed by atoms with Gasteiger partial charge in [0.15, 0.2) is 0 Å². The van der Waals surface area contributed by atoms with Crippen LogP contribution in [0.5, 0.6) is 0 Å². The molecule has 3 rings (SSSR count). The topological polar surface area (TPSA) is 55.1 Å². The summed E-state index contributed by atoms with van der Waals surface area (Å²) in [5, 5.41) is 3.79. The number of thiazole rings is 1. The molecule has 0 saturated carbocycles. The zero-order valence-electron chi connectivity index (χ0n) is 12.2. The lowest BCUT2D eigenvalue weighted by Crippen LogP contribution is -2.26. The summed E-state index contributed by atoms with van der Waals surface area (Å²) in [6.45, 7) is 2.44. The number of benzene rings is 1. The van der Waals surface area contributed by atoms with E-state index < -0.39 is 0 Å². The average Bonchev–Trinajstić information content (AvgIpc) is 3.17. The van der Waals surface area contributed by atoms with Gasteiger partial charge in [-0.1, -0.05) is 30.3 Å². The minimum Gasteiger partial charge on any atom is -0.469 e. The highest BCUT2D eigenvalue weighted by atomic mass is 32.1. The second-order valence-electron chi connectivity index (χ2n) is 4.86. The highest BCUT2D eigenvalue weighted by molar-refractivity contribution is 7.15. The van der Waals surface area contributed by atoms with Crippen LogP contribution < -0.4 is 5.32 Å². The largest absolute Gasteiger partial charge is 0.469 e. The number of aryl methyl sites for hydroxylation is 1. The molecule has 2 aromatic heterocycles. The van der Waals surface area contributed by atoms with E-state index in [1.165, 1.54) is 11.3 Å². The monoisotopic (exact) mass is 312 g/mol. The maximum Gasteiger partial charge on any atom is 0.271 e. The van der Waals surface area contributed by atoms with E-state index in [2.05, 4.69) is 10.3 Å². The summed E-state index contributed by atoms with van der Waals surface area (Å²) in [7, 11) is 0. The molecule has 1 aromatic carbocycles. The van der Waals surface area contributed by atoms with Crippen LogP contribution in [-0.4, -0.2) is 17.4 Å². The molecule has 0 fully saturated rings. The number of nitrogens with one attached hydrogen (secondary N) is 1. The molecule has 1 N–H and O–H groups in total. The third-order valence-electron chi connectivity index (χ3n) is 3.22. The number of carbonyl (C=O) groups is 1. The van der Waals surface area contributed by atoms with E-state index in [-0.39, 0.29) is 5.91 Å². The van der Waals surface area contributed by atoms with Crippen molar-refractivity contribution in [2.24, 2.45) is 0 Å². The number of rotatable bonds is 5. The van der Waals surface area contributed by atoms with Crippen LogP contribution in [0.3, 0.4) is 0 Å². The van der Waals surface area contributed by atoms with E-state index in [9.17, 15) is 4.79 Å². The summed E-state index contributed by atoms with van der Waals surface area (Å²) in [5.41, 5.74) is 1.51. The normalized spacial score (nSPS) is 10.6. The molecule has 0 bridgehead atoms. The molecule has 0 saturated heterocycles. The van der Waals surface area contributed by atoms with Crippen molar-refractivity contribution in [1.82, 2.24) is 10.3 Å². The van der Waals surface area contributed by atoms with Gasteiger partial charge >= 0.3 is 0 Å². The van der Waals surface area contributed by atoms with Gasteiger partial charge in [0, 0.05) is 13.0 Å². The molecule has 0 spiro atoms. The van der Waals surface area contributed by atoms with Crippen molar-refractivity contribution in [1.29, 1.82) is 0 Å². The predicted octanol–water partition coefficient (Wildman–Crippen LogP) is 3.68. The zero-order chi connectivity index (χ0) is 15.4. The summed E-state index contributed by atoms with van der Waals surface area (Å²) < 4.78 is 5.25. The van der Waals surface area contributed by atoms with Gasteiger partial charge in [-0.2, -0.15) is 0 Å².